The molecule has 1 N–H and O–H groups in total. The van der Waals surface area contributed by atoms with Crippen molar-refractivity contribution in [3.63, 3.8) is 0 Å². The van der Waals surface area contributed by atoms with Gasteiger partial charge >= 0.3 is 0 Å². The lowest BCUT2D eigenvalue weighted by atomic mass is 10.2. The smallest absolute Gasteiger partial charge is 0.176 e. The molecule has 0 saturated heterocycles. The van der Waals surface area contributed by atoms with Gasteiger partial charge in [0.1, 0.15) is 10.9 Å². The maximum absolute atomic E-state index is 5.91. The first-order valence-corrected chi connectivity index (χ1v) is 6.96. The van der Waals surface area contributed by atoms with Gasteiger partial charge in [-0.2, -0.15) is 0 Å². The summed E-state index contributed by atoms with van der Waals surface area (Å²) >= 11 is 5.91. The second-order valence-corrected chi connectivity index (χ2v) is 5.13. The monoisotopic (exact) mass is 302 g/mol. The average Bonchev–Trinajstić information content (AvgIpc) is 2.91. The molecule has 0 aliphatic carbocycles. The number of nitrogens with zero attached hydrogens (tertiary/aromatic N) is 1. The molecule has 0 fully saturated rings. The molecular formula is C16H15ClN2O2. The standard InChI is InChI=1S/C16H15ClN2O2/c1-10-6-12(8-19-16(10)17)18-9-13-7-11-4-3-5-14(20-2)15(11)21-13/h3-8,18H,9H2,1-2H3. The molecule has 0 atom stereocenters. The van der Waals surface area contributed by atoms with E-state index in [0.29, 0.717) is 11.7 Å². The first kappa shape index (κ1) is 13.8. The number of para-hydroxylation sites is 1. The fourth-order valence-electron chi connectivity index (χ4n) is 2.18. The van der Waals surface area contributed by atoms with Crippen molar-refractivity contribution in [1.29, 1.82) is 0 Å². The molecule has 5 heteroatoms. The highest BCUT2D eigenvalue weighted by molar-refractivity contribution is 6.30. The van der Waals surface area contributed by atoms with Gasteiger partial charge in [0.15, 0.2) is 11.3 Å². The molecule has 21 heavy (non-hydrogen) atoms. The SMILES string of the molecule is COc1cccc2cc(CNc3cnc(Cl)c(C)c3)oc12. The summed E-state index contributed by atoms with van der Waals surface area (Å²) in [7, 11) is 1.64. The molecule has 4 nitrogen and oxygen atoms in total. The van der Waals surface area contributed by atoms with Crippen molar-refractivity contribution in [2.45, 2.75) is 13.5 Å². The van der Waals surface area contributed by atoms with Crippen molar-refractivity contribution >= 4 is 28.3 Å². The maximum Gasteiger partial charge on any atom is 0.176 e. The Labute approximate surface area is 127 Å². The minimum atomic E-state index is 0.522. The molecule has 0 spiro atoms. The summed E-state index contributed by atoms with van der Waals surface area (Å²) < 4.78 is 11.1. The second kappa shape index (κ2) is 5.66. The number of aromatic nitrogens is 1. The van der Waals surface area contributed by atoms with Gasteiger partial charge < -0.3 is 14.5 Å². The Kier molecular flexibility index (Phi) is 3.71. The molecule has 3 aromatic rings. The molecule has 0 aliphatic rings. The Morgan fingerprint density at radius 3 is 2.95 bits per heavy atom. The molecule has 0 radical (unpaired) electrons. The summed E-state index contributed by atoms with van der Waals surface area (Å²) in [5.74, 6) is 1.57. The molecule has 2 heterocycles. The Balaban J connectivity index is 1.80. The first-order chi connectivity index (χ1) is 10.2. The molecule has 0 amide bonds. The van der Waals surface area contributed by atoms with Gasteiger partial charge in [0, 0.05) is 5.39 Å². The first-order valence-electron chi connectivity index (χ1n) is 6.59. The number of anilines is 1. The van der Waals surface area contributed by atoms with Crippen molar-refractivity contribution in [1.82, 2.24) is 4.98 Å². The third kappa shape index (κ3) is 2.81. The molecule has 108 valence electrons. The summed E-state index contributed by atoms with van der Waals surface area (Å²) in [6, 6.07) is 9.79. The number of fused-ring (bicyclic) bond motifs is 1. The zero-order chi connectivity index (χ0) is 14.8. The Hall–Kier alpha value is -2.20. The van der Waals surface area contributed by atoms with Crippen molar-refractivity contribution in [2.24, 2.45) is 0 Å². The lowest BCUT2D eigenvalue weighted by molar-refractivity contribution is 0.408. The molecule has 1 aromatic carbocycles. The molecule has 0 saturated carbocycles. The molecule has 0 bridgehead atoms. The van der Waals surface area contributed by atoms with Crippen LogP contribution in [0.15, 0.2) is 40.9 Å². The topological polar surface area (TPSA) is 47.3 Å². The number of methoxy groups -OCH3 is 1. The van der Waals surface area contributed by atoms with E-state index < -0.39 is 0 Å². The third-order valence-corrected chi connectivity index (χ3v) is 3.66. The molecular weight excluding hydrogens is 288 g/mol. The van der Waals surface area contributed by atoms with Gasteiger partial charge in [-0.05, 0) is 30.7 Å². The van der Waals surface area contributed by atoms with E-state index in [0.717, 1.165) is 33.7 Å². The third-order valence-electron chi connectivity index (χ3n) is 3.26. The van der Waals surface area contributed by atoms with Gasteiger partial charge in [0.25, 0.3) is 0 Å². The van der Waals surface area contributed by atoms with Crippen LogP contribution < -0.4 is 10.1 Å². The highest BCUT2D eigenvalue weighted by Crippen LogP contribution is 2.28. The van der Waals surface area contributed by atoms with E-state index in [4.69, 9.17) is 20.8 Å². The lowest BCUT2D eigenvalue weighted by Gasteiger charge is -2.05. The highest BCUT2D eigenvalue weighted by atomic mass is 35.5. The number of furan rings is 1. The number of benzene rings is 1. The number of pyridine rings is 1. The maximum atomic E-state index is 5.91. The van der Waals surface area contributed by atoms with E-state index in [1.54, 1.807) is 13.3 Å². The van der Waals surface area contributed by atoms with Crippen LogP contribution in [0.4, 0.5) is 5.69 Å². The van der Waals surface area contributed by atoms with Crippen molar-refractivity contribution < 1.29 is 9.15 Å². The van der Waals surface area contributed by atoms with Crippen LogP contribution in [-0.2, 0) is 6.54 Å². The van der Waals surface area contributed by atoms with Crippen LogP contribution in [0, 0.1) is 6.92 Å². The Morgan fingerprint density at radius 1 is 1.33 bits per heavy atom. The number of hydrogen-bond donors (Lipinski definition) is 1. The zero-order valence-electron chi connectivity index (χ0n) is 11.8. The van der Waals surface area contributed by atoms with Gasteiger partial charge in [0.05, 0.1) is 25.5 Å². The summed E-state index contributed by atoms with van der Waals surface area (Å²) in [6.07, 6.45) is 1.71. The van der Waals surface area contributed by atoms with E-state index in [9.17, 15) is 0 Å². The van der Waals surface area contributed by atoms with E-state index >= 15 is 0 Å². The number of rotatable bonds is 4. The minimum Gasteiger partial charge on any atom is -0.493 e. The predicted octanol–water partition coefficient (Wildman–Crippen LogP) is 4.41. The quantitative estimate of drug-likeness (QED) is 0.725. The lowest BCUT2D eigenvalue weighted by Crippen LogP contribution is -1.99. The zero-order valence-corrected chi connectivity index (χ0v) is 12.6. The summed E-state index contributed by atoms with van der Waals surface area (Å²) in [6.45, 7) is 2.49. The summed E-state index contributed by atoms with van der Waals surface area (Å²) in [4.78, 5) is 4.11. The van der Waals surface area contributed by atoms with Crippen molar-refractivity contribution in [2.75, 3.05) is 12.4 Å². The van der Waals surface area contributed by atoms with Crippen LogP contribution in [0.25, 0.3) is 11.0 Å². The Morgan fingerprint density at radius 2 is 2.19 bits per heavy atom. The average molecular weight is 303 g/mol. The van der Waals surface area contributed by atoms with E-state index in [1.807, 2.05) is 37.3 Å². The number of halogens is 1. The van der Waals surface area contributed by atoms with Gasteiger partial charge in [0.2, 0.25) is 0 Å². The van der Waals surface area contributed by atoms with E-state index in [-0.39, 0.29) is 0 Å². The van der Waals surface area contributed by atoms with Crippen LogP contribution in [0.1, 0.15) is 11.3 Å². The van der Waals surface area contributed by atoms with Crippen molar-refractivity contribution in [3.05, 3.63) is 53.0 Å². The fourth-order valence-corrected chi connectivity index (χ4v) is 2.28. The van der Waals surface area contributed by atoms with E-state index in [1.165, 1.54) is 0 Å². The normalized spacial score (nSPS) is 10.8. The molecule has 0 aliphatic heterocycles. The van der Waals surface area contributed by atoms with Gasteiger partial charge in [-0.1, -0.05) is 23.7 Å². The van der Waals surface area contributed by atoms with Crippen LogP contribution in [0.5, 0.6) is 5.75 Å². The van der Waals surface area contributed by atoms with Crippen molar-refractivity contribution in [3.8, 4) is 5.75 Å². The highest BCUT2D eigenvalue weighted by Gasteiger charge is 2.08. The number of aryl methyl sites for hydroxylation is 1. The largest absolute Gasteiger partial charge is 0.493 e. The Bertz CT molecular complexity index is 783. The molecule has 3 rings (SSSR count). The van der Waals surface area contributed by atoms with Crippen LogP contribution >= 0.6 is 11.6 Å². The number of ether oxygens (including phenoxy) is 1. The summed E-state index contributed by atoms with van der Waals surface area (Å²) in [5.41, 5.74) is 2.61. The van der Waals surface area contributed by atoms with Gasteiger partial charge in [-0.15, -0.1) is 0 Å². The second-order valence-electron chi connectivity index (χ2n) is 4.78. The summed E-state index contributed by atoms with van der Waals surface area (Å²) in [5, 5.41) is 4.82. The number of nitrogens with one attached hydrogen (secondary N) is 1. The molecule has 2 aromatic heterocycles. The molecule has 0 unspecified atom stereocenters. The van der Waals surface area contributed by atoms with Crippen LogP contribution in [0.3, 0.4) is 0 Å². The number of hydrogen-bond acceptors (Lipinski definition) is 4. The van der Waals surface area contributed by atoms with Crippen LogP contribution in [-0.4, -0.2) is 12.1 Å². The predicted molar refractivity (Wildman–Crippen MR) is 84.1 cm³/mol. The van der Waals surface area contributed by atoms with Gasteiger partial charge in [-0.3, -0.25) is 0 Å². The van der Waals surface area contributed by atoms with E-state index in [2.05, 4.69) is 10.3 Å². The van der Waals surface area contributed by atoms with Gasteiger partial charge in [-0.25, -0.2) is 4.98 Å². The minimum absolute atomic E-state index is 0.522. The van der Waals surface area contributed by atoms with Crippen LogP contribution in [0.2, 0.25) is 5.15 Å². The fraction of sp³-hybridized carbons (Fsp3) is 0.188.